The maximum absolute atomic E-state index is 11.9. The van der Waals surface area contributed by atoms with Crippen molar-refractivity contribution in [3.05, 3.63) is 59.7 Å². The summed E-state index contributed by atoms with van der Waals surface area (Å²) in [7, 11) is 3.23. The largest absolute Gasteiger partial charge is 0.497 e. The van der Waals surface area contributed by atoms with E-state index in [1.54, 1.807) is 14.2 Å². The first-order chi connectivity index (χ1) is 16.4. The quantitative estimate of drug-likeness (QED) is 0.172. The number of rotatable bonds is 8. The number of carbonyl (C=O) groups is 2. The van der Waals surface area contributed by atoms with Crippen LogP contribution < -0.4 is 41.8 Å². The molecule has 0 aliphatic carbocycles. The van der Waals surface area contributed by atoms with Gasteiger partial charge in [-0.25, -0.2) is 0 Å². The van der Waals surface area contributed by atoms with E-state index in [0.29, 0.717) is 25.9 Å². The van der Waals surface area contributed by atoms with Crippen molar-refractivity contribution in [1.29, 1.82) is 0 Å². The first-order valence-corrected chi connectivity index (χ1v) is 11.2. The summed E-state index contributed by atoms with van der Waals surface area (Å²) in [5, 5.41) is 6.23. The summed E-state index contributed by atoms with van der Waals surface area (Å²) in [5.74, 6) is -0.301. The van der Waals surface area contributed by atoms with Gasteiger partial charge in [-0.3, -0.25) is 31.3 Å². The van der Waals surface area contributed by atoms with Crippen LogP contribution in [0.25, 0.3) is 0 Å². The number of amides is 2. The van der Waals surface area contributed by atoms with Gasteiger partial charge in [-0.2, -0.15) is 0 Å². The predicted octanol–water partition coefficient (Wildman–Crippen LogP) is 0.480. The van der Waals surface area contributed by atoms with E-state index < -0.39 is 11.8 Å². The van der Waals surface area contributed by atoms with E-state index >= 15 is 0 Å². The van der Waals surface area contributed by atoms with Crippen LogP contribution in [0.4, 0.5) is 0 Å². The molecule has 0 aliphatic rings. The molecule has 0 saturated carbocycles. The summed E-state index contributed by atoms with van der Waals surface area (Å²) in [4.78, 5) is 23.7. The van der Waals surface area contributed by atoms with E-state index in [4.69, 9.17) is 33.9 Å². The van der Waals surface area contributed by atoms with E-state index in [-0.39, 0.29) is 10.2 Å². The van der Waals surface area contributed by atoms with E-state index in [0.717, 1.165) is 22.6 Å². The summed E-state index contributed by atoms with van der Waals surface area (Å²) >= 11 is 10.2. The molecule has 0 heterocycles. The number of ether oxygens (including phenoxy) is 2. The minimum atomic E-state index is -0.937. The fourth-order valence-corrected chi connectivity index (χ4v) is 2.96. The molecule has 0 atom stereocenters. The molecule has 0 aromatic heterocycles. The van der Waals surface area contributed by atoms with Gasteiger partial charge in [-0.1, -0.05) is 24.3 Å². The van der Waals surface area contributed by atoms with Crippen LogP contribution in [0, 0.1) is 0 Å². The molecular weight excluding hydrogens is 476 g/mol. The topological polar surface area (TPSA) is 125 Å². The first kappa shape index (κ1) is 26.6. The maximum Gasteiger partial charge on any atom is 0.329 e. The molecule has 2 rings (SSSR count). The van der Waals surface area contributed by atoms with Crippen LogP contribution in [0.1, 0.15) is 11.1 Å². The van der Waals surface area contributed by atoms with Crippen molar-refractivity contribution in [2.75, 3.05) is 27.3 Å². The Hall–Kier alpha value is -3.64. The average Bonchev–Trinajstić information content (AvgIpc) is 2.86. The Labute approximate surface area is 209 Å². The molecule has 0 radical (unpaired) electrons. The molecule has 0 fully saturated rings. The second-order valence-electron chi connectivity index (χ2n) is 6.87. The zero-order valence-electron chi connectivity index (χ0n) is 18.9. The van der Waals surface area contributed by atoms with Gasteiger partial charge >= 0.3 is 11.8 Å². The van der Waals surface area contributed by atoms with Crippen molar-refractivity contribution in [3.63, 3.8) is 0 Å². The summed E-state index contributed by atoms with van der Waals surface area (Å²) in [6, 6.07) is 15.3. The summed E-state index contributed by atoms with van der Waals surface area (Å²) in [6.45, 7) is 1.08. The molecule has 34 heavy (non-hydrogen) atoms. The Bertz CT molecular complexity index is 891. The first-order valence-electron chi connectivity index (χ1n) is 10.3. The molecule has 0 spiro atoms. The zero-order valence-corrected chi connectivity index (χ0v) is 20.5. The van der Waals surface area contributed by atoms with Gasteiger partial charge in [0.1, 0.15) is 11.5 Å². The van der Waals surface area contributed by atoms with Crippen LogP contribution in [0.2, 0.25) is 0 Å². The van der Waals surface area contributed by atoms with Crippen LogP contribution >= 0.6 is 24.4 Å². The lowest BCUT2D eigenvalue weighted by atomic mass is 10.1. The van der Waals surface area contributed by atoms with Crippen molar-refractivity contribution in [3.8, 4) is 11.5 Å². The maximum atomic E-state index is 11.9. The third kappa shape index (κ3) is 9.88. The van der Waals surface area contributed by atoms with Crippen LogP contribution in [0.15, 0.2) is 48.5 Å². The van der Waals surface area contributed by atoms with Gasteiger partial charge in [-0.05, 0) is 72.7 Å². The number of hydrogen-bond donors (Lipinski definition) is 6. The van der Waals surface area contributed by atoms with Gasteiger partial charge in [-0.15, -0.1) is 0 Å². The van der Waals surface area contributed by atoms with Crippen LogP contribution in [0.3, 0.4) is 0 Å². The number of methoxy groups -OCH3 is 2. The Morgan fingerprint density at radius 3 is 1.32 bits per heavy atom. The molecule has 0 bridgehead atoms. The number of carbonyl (C=O) groups excluding carboxylic acids is 2. The molecular formula is C22H28N6O4S2. The smallest absolute Gasteiger partial charge is 0.329 e. The Morgan fingerprint density at radius 1 is 0.647 bits per heavy atom. The van der Waals surface area contributed by atoms with Crippen LogP contribution in [-0.4, -0.2) is 49.3 Å². The third-order valence-electron chi connectivity index (χ3n) is 4.50. The van der Waals surface area contributed by atoms with Crippen molar-refractivity contribution >= 4 is 46.5 Å². The van der Waals surface area contributed by atoms with E-state index in [1.165, 1.54) is 0 Å². The average molecular weight is 505 g/mol. The van der Waals surface area contributed by atoms with Crippen LogP contribution in [-0.2, 0) is 22.4 Å². The Morgan fingerprint density at radius 2 is 1.00 bits per heavy atom. The lowest BCUT2D eigenvalue weighted by Gasteiger charge is -2.13. The van der Waals surface area contributed by atoms with Crippen molar-refractivity contribution in [2.24, 2.45) is 0 Å². The monoisotopic (exact) mass is 504 g/mol. The SMILES string of the molecule is COc1ccc(CCNC(=S)NNC(=O)C(=O)NNC(=S)NCCc2ccc(OC)cc2)cc1. The van der Waals surface area contributed by atoms with E-state index in [9.17, 15) is 9.59 Å². The van der Waals surface area contributed by atoms with Gasteiger partial charge in [0.05, 0.1) is 14.2 Å². The molecule has 182 valence electrons. The molecule has 2 aromatic rings. The number of hydrogen-bond acceptors (Lipinski definition) is 6. The lowest BCUT2D eigenvalue weighted by Crippen LogP contribution is -2.55. The highest BCUT2D eigenvalue weighted by Crippen LogP contribution is 2.12. The standard InChI is InChI=1S/C22H28N6O4S2/c1-31-17-7-3-15(4-8-17)11-13-23-21(33)27-25-19(29)20(30)26-28-22(34)24-14-12-16-5-9-18(32-2)10-6-16/h3-10H,11-14H2,1-2H3,(H,25,29)(H,26,30)(H2,23,27,33)(H2,24,28,34). The number of hydrazine groups is 2. The fraction of sp³-hybridized carbons (Fsp3) is 0.273. The van der Waals surface area contributed by atoms with E-state index in [2.05, 4.69) is 32.3 Å². The highest BCUT2D eigenvalue weighted by molar-refractivity contribution is 7.80. The van der Waals surface area contributed by atoms with Gasteiger partial charge in [0.2, 0.25) is 0 Å². The molecule has 10 nitrogen and oxygen atoms in total. The highest BCUT2D eigenvalue weighted by Gasteiger charge is 2.13. The second-order valence-corrected chi connectivity index (χ2v) is 7.68. The Kier molecular flexibility index (Phi) is 11.3. The highest BCUT2D eigenvalue weighted by atomic mass is 32.1. The molecule has 12 heteroatoms. The third-order valence-corrected chi connectivity index (χ3v) is 4.99. The molecule has 2 amide bonds. The fourth-order valence-electron chi connectivity index (χ4n) is 2.65. The van der Waals surface area contributed by atoms with Crippen LogP contribution in [0.5, 0.6) is 11.5 Å². The molecule has 0 aliphatic heterocycles. The van der Waals surface area contributed by atoms with Gasteiger partial charge in [0.15, 0.2) is 10.2 Å². The minimum Gasteiger partial charge on any atom is -0.497 e. The lowest BCUT2D eigenvalue weighted by molar-refractivity contribution is -0.139. The zero-order chi connectivity index (χ0) is 24.8. The van der Waals surface area contributed by atoms with Gasteiger partial charge < -0.3 is 20.1 Å². The number of thiocarbonyl (C=S) groups is 2. The molecule has 0 saturated heterocycles. The van der Waals surface area contributed by atoms with Crippen molar-refractivity contribution < 1.29 is 19.1 Å². The van der Waals surface area contributed by atoms with Crippen molar-refractivity contribution in [1.82, 2.24) is 32.3 Å². The predicted molar refractivity (Wildman–Crippen MR) is 137 cm³/mol. The minimum absolute atomic E-state index is 0.179. The summed E-state index contributed by atoms with van der Waals surface area (Å²) in [6.07, 6.45) is 1.43. The van der Waals surface area contributed by atoms with Gasteiger partial charge in [0, 0.05) is 13.1 Å². The normalized spacial score (nSPS) is 9.82. The number of benzene rings is 2. The molecule has 2 aromatic carbocycles. The summed E-state index contributed by atoms with van der Waals surface area (Å²) in [5.41, 5.74) is 11.6. The Balaban J connectivity index is 1.56. The van der Waals surface area contributed by atoms with Crippen molar-refractivity contribution in [2.45, 2.75) is 12.8 Å². The molecule has 0 unspecified atom stereocenters. The number of nitrogens with one attached hydrogen (secondary N) is 6. The van der Waals surface area contributed by atoms with Gasteiger partial charge in [0.25, 0.3) is 0 Å². The summed E-state index contributed by atoms with van der Waals surface area (Å²) < 4.78 is 10.2. The van der Waals surface area contributed by atoms with E-state index in [1.807, 2.05) is 48.5 Å². The second kappa shape index (κ2) is 14.5. The molecule has 6 N–H and O–H groups in total.